The Kier molecular flexibility index (Phi) is 26.1. The van der Waals surface area contributed by atoms with Crippen LogP contribution in [0, 0.1) is 29.6 Å². The Balaban J connectivity index is 1.67. The standard InChI is InChI=1S/C55H87NO16/c1-35-14-10-9-11-15-36(2)47(70-29-28-69-27-26-68-25-24-57)33-42-20-18-40(6)55(65,72-42)52(62)53(63)56-23-13-12-16-43(56)54(64)71-48(38(4)31-41-19-22-44(58)49(32-41)66-7)34-46(60)37(3)30-39(5)50(61)51(67-8)45(59)21-17-35/h9-11,14-15,30,35,37-38,40-44,47-51,57-58,61,65H,12-13,16-29,31-34H2,1-8H3/b11-9+,14-10+,36-15+,39-30+/t35-,37-,38-,40-,41+,42+,43+,44-,47-,48+,49-,50-,51+,55-/m1/s1. The number of piperidine rings is 1. The molecule has 17 heteroatoms. The molecule has 2 saturated heterocycles. The fourth-order valence-electron chi connectivity index (χ4n) is 10.3. The number of ether oxygens (including phenoxy) is 7. The van der Waals surface area contributed by atoms with Gasteiger partial charge in [-0.3, -0.25) is 19.2 Å². The Morgan fingerprint density at radius 2 is 1.54 bits per heavy atom. The third kappa shape index (κ3) is 18.1. The SMILES string of the molecule is CO[C@@H]1C[C@H](C[C@@H](C)[C@@H]2CC(=O)[C@H](C)/C=C(\C)[C@@H](O)[C@@H](OC)C(=O)CC[C@H](C)/C=C/C=C/C=C(\C)[C@H](OCCOCCOCCO)C[C@@H]3CC[C@@H](C)[C@@](O)(O3)C(=O)C(=O)N3CCCC[C@H]3C(=O)O2)CC[C@H]1O. The number of carbonyl (C=O) groups is 5. The highest BCUT2D eigenvalue weighted by atomic mass is 16.6. The van der Waals surface area contributed by atoms with Crippen molar-refractivity contribution in [2.24, 2.45) is 29.6 Å². The normalized spacial score (nSPS) is 36.6. The first-order valence-corrected chi connectivity index (χ1v) is 26.4. The lowest BCUT2D eigenvalue weighted by molar-refractivity contribution is -0.266. The van der Waals surface area contributed by atoms with Crippen LogP contribution in [0.15, 0.2) is 47.6 Å². The van der Waals surface area contributed by atoms with Crippen LogP contribution in [0.5, 0.6) is 0 Å². The summed E-state index contributed by atoms with van der Waals surface area (Å²) < 4.78 is 40.9. The molecule has 0 radical (unpaired) electrons. The molecule has 14 atom stereocenters. The Bertz CT molecular complexity index is 1870. The average molecular weight is 1020 g/mol. The number of ketones is 3. The molecule has 4 rings (SSSR count). The molecular weight excluding hydrogens is 931 g/mol. The van der Waals surface area contributed by atoms with Gasteiger partial charge in [0.2, 0.25) is 5.79 Å². The molecule has 3 aliphatic heterocycles. The van der Waals surface area contributed by atoms with E-state index < -0.39 is 77.9 Å². The zero-order valence-corrected chi connectivity index (χ0v) is 44.2. The molecule has 0 aromatic carbocycles. The Morgan fingerprint density at radius 1 is 0.819 bits per heavy atom. The number of esters is 1. The minimum Gasteiger partial charge on any atom is -0.460 e. The third-order valence-electron chi connectivity index (χ3n) is 15.0. The van der Waals surface area contributed by atoms with Gasteiger partial charge in [0.1, 0.15) is 30.1 Å². The summed E-state index contributed by atoms with van der Waals surface area (Å²) in [6, 6.07) is -1.17. The van der Waals surface area contributed by atoms with Gasteiger partial charge in [-0.05, 0) is 107 Å². The molecule has 4 N–H and O–H groups in total. The van der Waals surface area contributed by atoms with E-state index in [1.54, 1.807) is 34.0 Å². The largest absolute Gasteiger partial charge is 0.460 e. The van der Waals surface area contributed by atoms with Gasteiger partial charge in [0.25, 0.3) is 11.7 Å². The first kappa shape index (κ1) is 61.1. The van der Waals surface area contributed by atoms with E-state index in [-0.39, 0.29) is 94.1 Å². The number of hydrogen-bond acceptors (Lipinski definition) is 16. The molecular formula is C55H87NO16. The van der Waals surface area contributed by atoms with E-state index in [0.29, 0.717) is 76.6 Å². The molecule has 408 valence electrons. The lowest BCUT2D eigenvalue weighted by atomic mass is 9.78. The van der Waals surface area contributed by atoms with Crippen molar-refractivity contribution in [1.82, 2.24) is 4.90 Å². The van der Waals surface area contributed by atoms with Crippen molar-refractivity contribution in [3.05, 3.63) is 47.6 Å². The van der Waals surface area contributed by atoms with Gasteiger partial charge < -0.3 is 58.5 Å². The minimum atomic E-state index is -2.49. The van der Waals surface area contributed by atoms with Gasteiger partial charge in [0.15, 0.2) is 5.78 Å². The zero-order valence-electron chi connectivity index (χ0n) is 44.2. The molecule has 1 saturated carbocycles. The van der Waals surface area contributed by atoms with E-state index in [1.807, 2.05) is 51.2 Å². The average Bonchev–Trinajstić information content (AvgIpc) is 3.36. The number of amides is 1. The summed E-state index contributed by atoms with van der Waals surface area (Å²) in [5.41, 5.74) is 1.20. The lowest BCUT2D eigenvalue weighted by Gasteiger charge is -2.43. The first-order chi connectivity index (χ1) is 34.3. The van der Waals surface area contributed by atoms with Gasteiger partial charge in [-0.1, -0.05) is 64.2 Å². The van der Waals surface area contributed by atoms with Crippen molar-refractivity contribution in [2.45, 2.75) is 180 Å². The second-order valence-electron chi connectivity index (χ2n) is 20.6. The van der Waals surface area contributed by atoms with Crippen LogP contribution in [0.2, 0.25) is 0 Å². The maximum atomic E-state index is 14.5. The Labute approximate surface area is 427 Å². The zero-order chi connectivity index (χ0) is 53.0. The number of Topliss-reactive ketones (excluding diaryl/α,β-unsaturated/α-hetero) is 3. The number of methoxy groups -OCH3 is 2. The van der Waals surface area contributed by atoms with Crippen LogP contribution in [0.4, 0.5) is 0 Å². The summed E-state index contributed by atoms with van der Waals surface area (Å²) in [4.78, 5) is 72.1. The van der Waals surface area contributed by atoms with E-state index >= 15 is 0 Å². The highest BCUT2D eigenvalue weighted by Crippen LogP contribution is 2.38. The molecule has 72 heavy (non-hydrogen) atoms. The van der Waals surface area contributed by atoms with Crippen LogP contribution in [0.3, 0.4) is 0 Å². The highest BCUT2D eigenvalue weighted by molar-refractivity contribution is 6.39. The third-order valence-corrected chi connectivity index (χ3v) is 15.0. The number of hydrogen-bond donors (Lipinski definition) is 4. The van der Waals surface area contributed by atoms with Crippen LogP contribution in [-0.4, -0.2) is 170 Å². The molecule has 0 aromatic rings. The van der Waals surface area contributed by atoms with Crippen molar-refractivity contribution >= 4 is 29.2 Å². The van der Waals surface area contributed by atoms with E-state index in [1.165, 1.54) is 12.0 Å². The van der Waals surface area contributed by atoms with E-state index in [9.17, 15) is 39.3 Å². The van der Waals surface area contributed by atoms with Gasteiger partial charge in [-0.2, -0.15) is 0 Å². The number of nitrogens with zero attached hydrogens (tertiary/aromatic N) is 1. The van der Waals surface area contributed by atoms with Crippen LogP contribution in [0.1, 0.15) is 125 Å². The fraction of sp³-hybridized carbons (Fsp3) is 0.764. The molecule has 0 unspecified atom stereocenters. The maximum Gasteiger partial charge on any atom is 0.329 e. The summed E-state index contributed by atoms with van der Waals surface area (Å²) in [7, 11) is 2.93. The van der Waals surface area contributed by atoms with E-state index in [0.717, 1.165) is 5.57 Å². The van der Waals surface area contributed by atoms with Gasteiger partial charge in [-0.25, -0.2) is 4.79 Å². The van der Waals surface area contributed by atoms with Gasteiger partial charge in [-0.15, -0.1) is 0 Å². The van der Waals surface area contributed by atoms with Crippen LogP contribution >= 0.6 is 0 Å². The minimum absolute atomic E-state index is 0.00394. The lowest BCUT2D eigenvalue weighted by Crippen LogP contribution is -2.61. The molecule has 2 bridgehead atoms. The quantitative estimate of drug-likeness (QED) is 0.0745. The predicted octanol–water partition coefficient (Wildman–Crippen LogP) is 5.33. The fourth-order valence-corrected chi connectivity index (χ4v) is 10.3. The summed E-state index contributed by atoms with van der Waals surface area (Å²) in [5, 5.41) is 43.0. The van der Waals surface area contributed by atoms with Gasteiger partial charge in [0.05, 0.1) is 64.1 Å². The number of rotatable bonds is 14. The number of allylic oxidation sites excluding steroid dienone is 6. The second kappa shape index (κ2) is 30.8. The van der Waals surface area contributed by atoms with E-state index in [2.05, 4.69) is 0 Å². The summed E-state index contributed by atoms with van der Waals surface area (Å²) in [6.07, 6.45) is 10.6. The molecule has 17 nitrogen and oxygen atoms in total. The predicted molar refractivity (Wildman–Crippen MR) is 268 cm³/mol. The summed E-state index contributed by atoms with van der Waals surface area (Å²) in [6.45, 7) is 12.0. The Morgan fingerprint density at radius 3 is 2.25 bits per heavy atom. The summed E-state index contributed by atoms with van der Waals surface area (Å²) in [5.74, 6) is -7.80. The number of aliphatic hydroxyl groups excluding tert-OH is 3. The molecule has 0 spiro atoms. The van der Waals surface area contributed by atoms with Crippen molar-refractivity contribution in [2.75, 3.05) is 60.4 Å². The molecule has 0 aromatic heterocycles. The van der Waals surface area contributed by atoms with E-state index in [4.69, 9.17) is 38.3 Å². The van der Waals surface area contributed by atoms with Crippen LogP contribution < -0.4 is 0 Å². The molecule has 3 fully saturated rings. The molecule has 4 aliphatic rings. The van der Waals surface area contributed by atoms with Crippen molar-refractivity contribution in [1.29, 1.82) is 0 Å². The van der Waals surface area contributed by atoms with Gasteiger partial charge >= 0.3 is 5.97 Å². The monoisotopic (exact) mass is 1020 g/mol. The first-order valence-electron chi connectivity index (χ1n) is 26.4. The van der Waals surface area contributed by atoms with Crippen molar-refractivity contribution < 1.29 is 77.6 Å². The van der Waals surface area contributed by atoms with Gasteiger partial charge in [0, 0.05) is 51.9 Å². The number of carbonyl (C=O) groups excluding carboxylic acids is 5. The molecule has 1 aliphatic carbocycles. The smallest absolute Gasteiger partial charge is 0.329 e. The van der Waals surface area contributed by atoms with Crippen LogP contribution in [0.25, 0.3) is 0 Å². The van der Waals surface area contributed by atoms with Crippen molar-refractivity contribution in [3.63, 3.8) is 0 Å². The Hall–Kier alpha value is -3.49. The number of cyclic esters (lactones) is 1. The maximum absolute atomic E-state index is 14.5. The number of aliphatic hydroxyl groups is 4. The van der Waals surface area contributed by atoms with Crippen molar-refractivity contribution in [3.8, 4) is 0 Å². The number of fused-ring (bicyclic) bond motifs is 3. The molecule has 3 heterocycles. The molecule has 1 amide bonds. The second-order valence-corrected chi connectivity index (χ2v) is 20.6. The highest BCUT2D eigenvalue weighted by Gasteiger charge is 2.53. The van der Waals surface area contributed by atoms with Crippen LogP contribution in [-0.2, 0) is 57.1 Å². The summed E-state index contributed by atoms with van der Waals surface area (Å²) >= 11 is 0. The topological polar surface area (TPSA) is 234 Å².